The standard InChI is InChI=1S/C17H18F2N2O2/c18-12-3-4-15(19)14(5-12)16-6-13(22)9-21(16)8-11-7-20-23-17(11)10-1-2-10/h3-5,7,10,13,16,22H,1-2,6,8-9H2/t13-,16+/m0/s1. The van der Waals surface area contributed by atoms with Crippen LogP contribution in [0.15, 0.2) is 28.9 Å². The molecule has 1 aromatic carbocycles. The minimum Gasteiger partial charge on any atom is -0.392 e. The van der Waals surface area contributed by atoms with Gasteiger partial charge in [0.1, 0.15) is 17.4 Å². The summed E-state index contributed by atoms with van der Waals surface area (Å²) in [5, 5.41) is 13.9. The second-order valence-electron chi connectivity index (χ2n) is 6.49. The highest BCUT2D eigenvalue weighted by Crippen LogP contribution is 2.43. The van der Waals surface area contributed by atoms with E-state index in [1.54, 1.807) is 6.20 Å². The number of nitrogens with zero attached hydrogens (tertiary/aromatic N) is 2. The van der Waals surface area contributed by atoms with Crippen molar-refractivity contribution in [2.75, 3.05) is 6.54 Å². The molecule has 1 aromatic heterocycles. The summed E-state index contributed by atoms with van der Waals surface area (Å²) < 4.78 is 33.0. The van der Waals surface area contributed by atoms with Gasteiger partial charge in [0.05, 0.1) is 12.3 Å². The number of aliphatic hydroxyl groups is 1. The zero-order valence-corrected chi connectivity index (χ0v) is 12.6. The molecule has 0 unspecified atom stereocenters. The average molecular weight is 320 g/mol. The molecule has 0 bridgehead atoms. The van der Waals surface area contributed by atoms with Gasteiger partial charge < -0.3 is 9.63 Å². The molecule has 2 aliphatic rings. The molecular weight excluding hydrogens is 302 g/mol. The molecule has 2 heterocycles. The Hall–Kier alpha value is -1.79. The molecule has 2 fully saturated rings. The first-order chi connectivity index (χ1) is 11.1. The fourth-order valence-electron chi connectivity index (χ4n) is 3.44. The average Bonchev–Trinajstić information content (AvgIpc) is 3.16. The van der Waals surface area contributed by atoms with Crippen molar-refractivity contribution in [1.29, 1.82) is 0 Å². The van der Waals surface area contributed by atoms with Gasteiger partial charge in [0, 0.05) is 36.2 Å². The van der Waals surface area contributed by atoms with E-state index in [0.717, 1.165) is 36.3 Å². The molecule has 0 radical (unpaired) electrons. The van der Waals surface area contributed by atoms with Crippen LogP contribution >= 0.6 is 0 Å². The van der Waals surface area contributed by atoms with Crippen molar-refractivity contribution in [3.63, 3.8) is 0 Å². The second kappa shape index (κ2) is 5.69. The number of likely N-dealkylation sites (tertiary alicyclic amines) is 1. The van der Waals surface area contributed by atoms with Gasteiger partial charge in [0.2, 0.25) is 0 Å². The Kier molecular flexibility index (Phi) is 3.66. The van der Waals surface area contributed by atoms with Gasteiger partial charge in [-0.2, -0.15) is 0 Å². The molecule has 122 valence electrons. The Morgan fingerprint density at radius 3 is 2.91 bits per heavy atom. The van der Waals surface area contributed by atoms with Gasteiger partial charge >= 0.3 is 0 Å². The van der Waals surface area contributed by atoms with E-state index < -0.39 is 17.7 Å². The molecule has 0 amide bonds. The highest BCUT2D eigenvalue weighted by Gasteiger charge is 2.36. The van der Waals surface area contributed by atoms with Gasteiger partial charge in [-0.05, 0) is 37.5 Å². The SMILES string of the molecule is O[C@H]1C[C@H](c2cc(F)ccc2F)N(Cc2cnoc2C2CC2)C1. The predicted molar refractivity (Wildman–Crippen MR) is 78.6 cm³/mol. The molecular formula is C17H18F2N2O2. The normalized spacial score (nSPS) is 25.2. The Labute approximate surface area is 132 Å². The van der Waals surface area contributed by atoms with Crippen molar-refractivity contribution in [3.05, 3.63) is 52.9 Å². The number of aliphatic hydroxyl groups excluding tert-OH is 1. The second-order valence-corrected chi connectivity index (χ2v) is 6.49. The molecule has 1 aliphatic heterocycles. The van der Waals surface area contributed by atoms with Crippen LogP contribution in [0.3, 0.4) is 0 Å². The molecule has 1 saturated heterocycles. The minimum absolute atomic E-state index is 0.297. The van der Waals surface area contributed by atoms with Crippen molar-refractivity contribution >= 4 is 0 Å². The maximum Gasteiger partial charge on any atom is 0.144 e. The Morgan fingerprint density at radius 1 is 1.30 bits per heavy atom. The lowest BCUT2D eigenvalue weighted by molar-refractivity contribution is 0.172. The van der Waals surface area contributed by atoms with Crippen molar-refractivity contribution in [2.24, 2.45) is 0 Å². The van der Waals surface area contributed by atoms with E-state index in [-0.39, 0.29) is 6.04 Å². The smallest absolute Gasteiger partial charge is 0.144 e. The molecule has 2 atom stereocenters. The highest BCUT2D eigenvalue weighted by molar-refractivity contribution is 5.26. The first-order valence-electron chi connectivity index (χ1n) is 7.92. The Balaban J connectivity index is 1.61. The number of aromatic nitrogens is 1. The number of rotatable bonds is 4. The fraction of sp³-hybridized carbons (Fsp3) is 0.471. The summed E-state index contributed by atoms with van der Waals surface area (Å²) in [5.74, 6) is 0.420. The maximum atomic E-state index is 14.1. The summed E-state index contributed by atoms with van der Waals surface area (Å²) in [6.07, 6.45) is 3.74. The largest absolute Gasteiger partial charge is 0.392 e. The number of halogens is 2. The summed E-state index contributed by atoms with van der Waals surface area (Å²) in [7, 11) is 0. The van der Waals surface area contributed by atoms with Crippen LogP contribution in [0.2, 0.25) is 0 Å². The zero-order valence-electron chi connectivity index (χ0n) is 12.6. The topological polar surface area (TPSA) is 49.5 Å². The van der Waals surface area contributed by atoms with Gasteiger partial charge in [-0.3, -0.25) is 4.90 Å². The van der Waals surface area contributed by atoms with Crippen LogP contribution < -0.4 is 0 Å². The summed E-state index contributed by atoms with van der Waals surface area (Å²) in [6.45, 7) is 0.947. The van der Waals surface area contributed by atoms with Crippen molar-refractivity contribution in [3.8, 4) is 0 Å². The summed E-state index contributed by atoms with van der Waals surface area (Å²) in [4.78, 5) is 1.97. The number of hydrogen-bond acceptors (Lipinski definition) is 4. The zero-order chi connectivity index (χ0) is 16.0. The molecule has 4 rings (SSSR count). The third-order valence-corrected chi connectivity index (χ3v) is 4.70. The molecule has 2 aromatic rings. The number of β-amino-alcohol motifs (C(OH)–C–C–N with tert-alkyl or cyclic N) is 1. The lowest BCUT2D eigenvalue weighted by atomic mass is 10.0. The Morgan fingerprint density at radius 2 is 2.13 bits per heavy atom. The number of hydrogen-bond donors (Lipinski definition) is 1. The van der Waals surface area contributed by atoms with Gasteiger partial charge in [0.25, 0.3) is 0 Å². The lowest BCUT2D eigenvalue weighted by Gasteiger charge is -2.24. The van der Waals surface area contributed by atoms with E-state index in [0.29, 0.717) is 31.0 Å². The van der Waals surface area contributed by atoms with Gasteiger partial charge in [0.15, 0.2) is 0 Å². The van der Waals surface area contributed by atoms with Crippen LogP contribution in [-0.2, 0) is 6.54 Å². The monoisotopic (exact) mass is 320 g/mol. The molecule has 4 nitrogen and oxygen atoms in total. The first-order valence-corrected chi connectivity index (χ1v) is 7.92. The van der Waals surface area contributed by atoms with Crippen LogP contribution in [0.5, 0.6) is 0 Å². The molecule has 6 heteroatoms. The van der Waals surface area contributed by atoms with E-state index in [9.17, 15) is 13.9 Å². The van der Waals surface area contributed by atoms with E-state index in [1.165, 1.54) is 6.07 Å². The maximum absolute atomic E-state index is 14.1. The highest BCUT2D eigenvalue weighted by atomic mass is 19.1. The minimum atomic E-state index is -0.549. The van der Waals surface area contributed by atoms with Crippen LogP contribution in [0, 0.1) is 11.6 Å². The van der Waals surface area contributed by atoms with Gasteiger partial charge in [-0.25, -0.2) is 8.78 Å². The van der Waals surface area contributed by atoms with Crippen LogP contribution in [0.25, 0.3) is 0 Å². The first kappa shape index (κ1) is 14.8. The molecule has 0 spiro atoms. The lowest BCUT2D eigenvalue weighted by Crippen LogP contribution is -2.25. The van der Waals surface area contributed by atoms with E-state index in [4.69, 9.17) is 4.52 Å². The molecule has 1 aliphatic carbocycles. The molecule has 23 heavy (non-hydrogen) atoms. The number of benzene rings is 1. The van der Waals surface area contributed by atoms with Gasteiger partial charge in [-0.1, -0.05) is 5.16 Å². The van der Waals surface area contributed by atoms with E-state index in [2.05, 4.69) is 5.16 Å². The summed E-state index contributed by atoms with van der Waals surface area (Å²) in [6, 6.07) is 3.13. The van der Waals surface area contributed by atoms with Crippen molar-refractivity contribution < 1.29 is 18.4 Å². The van der Waals surface area contributed by atoms with E-state index in [1.807, 2.05) is 4.90 Å². The summed E-state index contributed by atoms with van der Waals surface area (Å²) in [5.41, 5.74) is 1.27. The Bertz CT molecular complexity index is 714. The van der Waals surface area contributed by atoms with Crippen molar-refractivity contribution in [1.82, 2.24) is 10.1 Å². The van der Waals surface area contributed by atoms with Crippen LogP contribution in [0.4, 0.5) is 8.78 Å². The fourth-order valence-corrected chi connectivity index (χ4v) is 3.44. The third kappa shape index (κ3) is 2.88. The predicted octanol–water partition coefficient (Wildman–Crippen LogP) is 3.14. The van der Waals surface area contributed by atoms with Crippen LogP contribution in [-0.4, -0.2) is 27.8 Å². The third-order valence-electron chi connectivity index (χ3n) is 4.70. The van der Waals surface area contributed by atoms with Crippen molar-refractivity contribution in [2.45, 2.75) is 43.9 Å². The summed E-state index contributed by atoms with van der Waals surface area (Å²) >= 11 is 0. The van der Waals surface area contributed by atoms with Gasteiger partial charge in [-0.15, -0.1) is 0 Å². The molecule has 1 saturated carbocycles. The molecule has 1 N–H and O–H groups in total. The quantitative estimate of drug-likeness (QED) is 0.940. The van der Waals surface area contributed by atoms with E-state index >= 15 is 0 Å². The van der Waals surface area contributed by atoms with Crippen LogP contribution in [0.1, 0.15) is 48.1 Å².